The molecular formula is C19H23ClFN3O. The second kappa shape index (κ2) is 8.00. The number of aromatic nitrogens is 2. The highest BCUT2D eigenvalue weighted by molar-refractivity contribution is 6.31. The van der Waals surface area contributed by atoms with Gasteiger partial charge in [-0.05, 0) is 44.7 Å². The van der Waals surface area contributed by atoms with Gasteiger partial charge in [0.1, 0.15) is 11.6 Å². The summed E-state index contributed by atoms with van der Waals surface area (Å²) in [5.74, 6) is 0.523. The van der Waals surface area contributed by atoms with Gasteiger partial charge in [0.05, 0.1) is 6.42 Å². The van der Waals surface area contributed by atoms with Crippen LogP contribution in [0.25, 0.3) is 0 Å². The lowest BCUT2D eigenvalue weighted by molar-refractivity contribution is -0.134. The van der Waals surface area contributed by atoms with Crippen LogP contribution in [0.3, 0.4) is 0 Å². The highest BCUT2D eigenvalue weighted by Gasteiger charge is 2.27. The third-order valence-corrected chi connectivity index (χ3v) is 5.32. The third kappa shape index (κ3) is 4.21. The van der Waals surface area contributed by atoms with Gasteiger partial charge in [0, 0.05) is 42.1 Å². The lowest BCUT2D eigenvalue weighted by Crippen LogP contribution is -2.45. The van der Waals surface area contributed by atoms with E-state index in [4.69, 9.17) is 11.6 Å². The largest absolute Gasteiger partial charge is 0.339 e. The Labute approximate surface area is 152 Å². The smallest absolute Gasteiger partial charge is 0.227 e. The Morgan fingerprint density at radius 2 is 2.24 bits per heavy atom. The number of nitrogens with zero attached hydrogens (tertiary/aromatic N) is 3. The molecule has 3 rings (SSSR count). The Bertz CT molecular complexity index is 726. The molecule has 1 aliphatic rings. The number of rotatable bonds is 5. The van der Waals surface area contributed by atoms with Gasteiger partial charge in [0.25, 0.3) is 0 Å². The Kier molecular flexibility index (Phi) is 5.74. The number of amides is 1. The van der Waals surface area contributed by atoms with Crippen molar-refractivity contribution in [3.63, 3.8) is 0 Å². The Morgan fingerprint density at radius 1 is 1.40 bits per heavy atom. The van der Waals surface area contributed by atoms with Gasteiger partial charge in [0.2, 0.25) is 5.91 Å². The molecule has 134 valence electrons. The number of imidazole rings is 1. The molecule has 1 aromatic carbocycles. The van der Waals surface area contributed by atoms with Crippen LogP contribution in [0, 0.1) is 12.7 Å². The predicted octanol–water partition coefficient (Wildman–Crippen LogP) is 4.00. The summed E-state index contributed by atoms with van der Waals surface area (Å²) in [6.45, 7) is 3.54. The average molecular weight is 364 g/mol. The fourth-order valence-corrected chi connectivity index (χ4v) is 3.74. The maximum Gasteiger partial charge on any atom is 0.227 e. The molecule has 2 heterocycles. The average Bonchev–Trinajstić information content (AvgIpc) is 3.01. The van der Waals surface area contributed by atoms with Crippen LogP contribution in [0.5, 0.6) is 0 Å². The first kappa shape index (κ1) is 17.9. The molecule has 1 atom stereocenters. The zero-order valence-corrected chi connectivity index (χ0v) is 15.2. The SMILES string of the molecule is Cc1nccn1CC[C@@H]1CCCCN1C(=O)Cc1c(F)cccc1Cl. The van der Waals surface area contributed by atoms with Crippen molar-refractivity contribution in [2.75, 3.05) is 6.54 Å². The topological polar surface area (TPSA) is 38.1 Å². The summed E-state index contributed by atoms with van der Waals surface area (Å²) < 4.78 is 16.1. The first-order chi connectivity index (χ1) is 12.1. The van der Waals surface area contributed by atoms with Gasteiger partial charge in [-0.15, -0.1) is 0 Å². The monoisotopic (exact) mass is 363 g/mol. The molecule has 0 radical (unpaired) electrons. The van der Waals surface area contributed by atoms with Gasteiger partial charge in [0.15, 0.2) is 0 Å². The number of halogens is 2. The summed E-state index contributed by atoms with van der Waals surface area (Å²) >= 11 is 6.07. The first-order valence-corrected chi connectivity index (χ1v) is 9.14. The second-order valence-corrected chi connectivity index (χ2v) is 6.98. The molecule has 0 spiro atoms. The molecule has 0 saturated carbocycles. The number of carbonyl (C=O) groups is 1. The van der Waals surface area contributed by atoms with Crippen LogP contribution < -0.4 is 0 Å². The van der Waals surface area contributed by atoms with Crippen LogP contribution in [-0.4, -0.2) is 32.9 Å². The molecule has 0 bridgehead atoms. The van der Waals surface area contributed by atoms with Crippen LogP contribution in [-0.2, 0) is 17.8 Å². The molecule has 1 fully saturated rings. The van der Waals surface area contributed by atoms with Gasteiger partial charge in [-0.2, -0.15) is 0 Å². The second-order valence-electron chi connectivity index (χ2n) is 6.57. The molecule has 0 unspecified atom stereocenters. The maximum atomic E-state index is 14.0. The molecule has 6 heteroatoms. The molecule has 2 aromatic rings. The molecule has 0 N–H and O–H groups in total. The van der Waals surface area contributed by atoms with E-state index in [-0.39, 0.29) is 18.4 Å². The number of carbonyl (C=O) groups excluding carboxylic acids is 1. The number of benzene rings is 1. The van der Waals surface area contributed by atoms with Crippen LogP contribution >= 0.6 is 11.6 Å². The molecule has 1 aromatic heterocycles. The van der Waals surface area contributed by atoms with Crippen molar-refractivity contribution in [1.29, 1.82) is 0 Å². The summed E-state index contributed by atoms with van der Waals surface area (Å²) in [4.78, 5) is 18.9. The molecule has 25 heavy (non-hydrogen) atoms. The number of hydrogen-bond donors (Lipinski definition) is 0. The fraction of sp³-hybridized carbons (Fsp3) is 0.474. The zero-order valence-electron chi connectivity index (χ0n) is 14.4. The molecule has 0 aliphatic carbocycles. The summed E-state index contributed by atoms with van der Waals surface area (Å²) in [5.41, 5.74) is 0.295. The van der Waals surface area contributed by atoms with E-state index < -0.39 is 5.82 Å². The minimum Gasteiger partial charge on any atom is -0.339 e. The van der Waals surface area contributed by atoms with E-state index in [0.717, 1.165) is 44.6 Å². The van der Waals surface area contributed by atoms with E-state index in [1.165, 1.54) is 6.07 Å². The van der Waals surface area contributed by atoms with Gasteiger partial charge in [-0.3, -0.25) is 4.79 Å². The van der Waals surface area contributed by atoms with Crippen LogP contribution in [0.1, 0.15) is 37.1 Å². The fourth-order valence-electron chi connectivity index (χ4n) is 3.51. The van der Waals surface area contributed by atoms with Crippen molar-refractivity contribution in [1.82, 2.24) is 14.5 Å². The maximum absolute atomic E-state index is 14.0. The van der Waals surface area contributed by atoms with Gasteiger partial charge < -0.3 is 9.47 Å². The van der Waals surface area contributed by atoms with E-state index in [9.17, 15) is 9.18 Å². The van der Waals surface area contributed by atoms with Crippen LogP contribution in [0.4, 0.5) is 4.39 Å². The number of hydrogen-bond acceptors (Lipinski definition) is 2. The van der Waals surface area contributed by atoms with Crippen molar-refractivity contribution in [2.24, 2.45) is 0 Å². The highest BCUT2D eigenvalue weighted by Crippen LogP contribution is 2.24. The van der Waals surface area contributed by atoms with Crippen LogP contribution in [0.15, 0.2) is 30.6 Å². The Morgan fingerprint density at radius 3 is 2.96 bits per heavy atom. The van der Waals surface area contributed by atoms with E-state index in [1.54, 1.807) is 18.3 Å². The van der Waals surface area contributed by atoms with E-state index in [2.05, 4.69) is 9.55 Å². The van der Waals surface area contributed by atoms with Gasteiger partial charge in [-0.1, -0.05) is 17.7 Å². The van der Waals surface area contributed by atoms with Gasteiger partial charge >= 0.3 is 0 Å². The molecule has 1 aliphatic heterocycles. The third-order valence-electron chi connectivity index (χ3n) is 4.96. The Balaban J connectivity index is 1.67. The number of piperidine rings is 1. The first-order valence-electron chi connectivity index (χ1n) is 8.76. The standard InChI is InChI=1S/C19H23ClFN3O/c1-14-22-9-12-23(14)11-8-15-5-2-3-10-24(15)19(25)13-16-17(20)6-4-7-18(16)21/h4,6-7,9,12,15H,2-3,5,8,10-11,13H2,1H3/t15-/m0/s1. The van der Waals surface area contributed by atoms with E-state index in [0.29, 0.717) is 10.6 Å². The molecule has 1 saturated heterocycles. The minimum absolute atomic E-state index is 0.0200. The highest BCUT2D eigenvalue weighted by atomic mass is 35.5. The minimum atomic E-state index is -0.413. The summed E-state index contributed by atoms with van der Waals surface area (Å²) in [5, 5.41) is 0.316. The molecule has 4 nitrogen and oxygen atoms in total. The van der Waals surface area contributed by atoms with Crippen molar-refractivity contribution in [3.05, 3.63) is 52.8 Å². The van der Waals surface area contributed by atoms with Gasteiger partial charge in [-0.25, -0.2) is 9.37 Å². The zero-order chi connectivity index (χ0) is 17.8. The van der Waals surface area contributed by atoms with E-state index >= 15 is 0 Å². The van der Waals surface area contributed by atoms with Crippen molar-refractivity contribution in [3.8, 4) is 0 Å². The number of aryl methyl sites for hydroxylation is 2. The predicted molar refractivity (Wildman–Crippen MR) is 96.0 cm³/mol. The molecule has 1 amide bonds. The van der Waals surface area contributed by atoms with Crippen molar-refractivity contribution < 1.29 is 9.18 Å². The Hall–Kier alpha value is -1.88. The van der Waals surface area contributed by atoms with E-state index in [1.807, 2.05) is 18.0 Å². The normalized spacial score (nSPS) is 17.7. The lowest BCUT2D eigenvalue weighted by Gasteiger charge is -2.36. The molecular weight excluding hydrogens is 341 g/mol. The number of likely N-dealkylation sites (tertiary alicyclic amines) is 1. The van der Waals surface area contributed by atoms with Crippen LogP contribution in [0.2, 0.25) is 5.02 Å². The quantitative estimate of drug-likeness (QED) is 0.805. The van der Waals surface area contributed by atoms with Crippen molar-refractivity contribution in [2.45, 2.75) is 51.6 Å². The summed E-state index contributed by atoms with van der Waals surface area (Å²) in [6.07, 6.45) is 7.77. The summed E-state index contributed by atoms with van der Waals surface area (Å²) in [6, 6.07) is 4.73. The summed E-state index contributed by atoms with van der Waals surface area (Å²) in [7, 11) is 0. The van der Waals surface area contributed by atoms with Crippen molar-refractivity contribution >= 4 is 17.5 Å². The lowest BCUT2D eigenvalue weighted by atomic mass is 9.98.